The number of carbonyl (C=O) groups is 1. The highest BCUT2D eigenvalue weighted by Gasteiger charge is 2.33. The third-order valence-corrected chi connectivity index (χ3v) is 7.95. The molecule has 0 unspecified atom stereocenters. The van der Waals surface area contributed by atoms with Gasteiger partial charge in [0.25, 0.3) is 0 Å². The number of thioether (sulfide) groups is 1. The highest BCUT2D eigenvalue weighted by atomic mass is 32.2. The number of sulfone groups is 1. The summed E-state index contributed by atoms with van der Waals surface area (Å²) in [4.78, 5) is 14.1. The van der Waals surface area contributed by atoms with E-state index in [1.54, 1.807) is 31.3 Å². The highest BCUT2D eigenvalue weighted by Crippen LogP contribution is 2.30. The molecule has 3 aromatic rings. The fourth-order valence-electron chi connectivity index (χ4n) is 3.53. The van der Waals surface area contributed by atoms with Gasteiger partial charge in [-0.25, -0.2) is 17.2 Å². The molecule has 0 radical (unpaired) electrons. The van der Waals surface area contributed by atoms with Gasteiger partial charge in [0.1, 0.15) is 11.6 Å². The first kappa shape index (κ1) is 22.4. The molecule has 1 aromatic heterocycles. The monoisotopic (exact) mass is 478 g/mol. The van der Waals surface area contributed by atoms with E-state index in [9.17, 15) is 22.0 Å². The molecule has 1 aliphatic heterocycles. The topological polar surface area (TPSA) is 85.2 Å². The van der Waals surface area contributed by atoms with Crippen LogP contribution in [0, 0.1) is 11.6 Å². The number of carbonyl (C=O) groups excluding carboxylic acids is 1. The number of hydrogen-bond donors (Lipinski definition) is 0. The SMILES string of the molecule is CN(C(=O)CSc1nnc(-c2ccccc2)n1-c1ccc(F)cc1F)[C@@H]1CCS(=O)(=O)C1. The number of halogens is 2. The molecule has 32 heavy (non-hydrogen) atoms. The fourth-order valence-corrected chi connectivity index (χ4v) is 6.17. The average molecular weight is 479 g/mol. The number of hydrogen-bond acceptors (Lipinski definition) is 6. The molecule has 0 N–H and O–H groups in total. The number of aromatic nitrogens is 3. The lowest BCUT2D eigenvalue weighted by Crippen LogP contribution is -2.38. The predicted molar refractivity (Wildman–Crippen MR) is 117 cm³/mol. The van der Waals surface area contributed by atoms with Crippen molar-refractivity contribution >= 4 is 27.5 Å². The van der Waals surface area contributed by atoms with Gasteiger partial charge in [0.2, 0.25) is 5.91 Å². The van der Waals surface area contributed by atoms with Crippen LogP contribution in [0.5, 0.6) is 0 Å². The van der Waals surface area contributed by atoms with Crippen LogP contribution >= 0.6 is 11.8 Å². The standard InChI is InChI=1S/C21H20F2N4O3S2/c1-26(16-9-10-32(29,30)13-16)19(28)12-31-21-25-24-20(14-5-3-2-4-6-14)27(21)18-8-7-15(22)11-17(18)23/h2-8,11,16H,9-10,12-13H2,1H3/t16-/m1/s1. The molecular weight excluding hydrogens is 458 g/mol. The Morgan fingerprint density at radius 2 is 1.94 bits per heavy atom. The van der Waals surface area contributed by atoms with Crippen molar-refractivity contribution in [1.29, 1.82) is 0 Å². The van der Waals surface area contributed by atoms with Gasteiger partial charge in [-0.2, -0.15) is 0 Å². The lowest BCUT2D eigenvalue weighted by Gasteiger charge is -2.23. The van der Waals surface area contributed by atoms with Gasteiger partial charge in [-0.05, 0) is 18.6 Å². The predicted octanol–water partition coefficient (Wildman–Crippen LogP) is 2.95. The van der Waals surface area contributed by atoms with Crippen molar-refractivity contribution in [3.8, 4) is 17.1 Å². The number of amides is 1. The largest absolute Gasteiger partial charge is 0.341 e. The third-order valence-electron chi connectivity index (χ3n) is 5.29. The van der Waals surface area contributed by atoms with Crippen LogP contribution < -0.4 is 0 Å². The lowest BCUT2D eigenvalue weighted by atomic mass is 10.2. The van der Waals surface area contributed by atoms with Crippen LogP contribution in [0.2, 0.25) is 0 Å². The molecule has 0 bridgehead atoms. The first-order valence-electron chi connectivity index (χ1n) is 9.80. The number of benzene rings is 2. The molecule has 1 saturated heterocycles. The summed E-state index contributed by atoms with van der Waals surface area (Å²) in [7, 11) is -1.54. The van der Waals surface area contributed by atoms with Crippen LogP contribution in [-0.4, -0.2) is 64.3 Å². The molecule has 2 aromatic carbocycles. The first-order valence-corrected chi connectivity index (χ1v) is 12.6. The van der Waals surface area contributed by atoms with Crippen LogP contribution in [0.1, 0.15) is 6.42 Å². The van der Waals surface area contributed by atoms with Gasteiger partial charge in [-0.1, -0.05) is 42.1 Å². The molecule has 2 heterocycles. The van der Waals surface area contributed by atoms with Crippen molar-refractivity contribution in [3.05, 3.63) is 60.2 Å². The zero-order chi connectivity index (χ0) is 22.9. The maximum atomic E-state index is 14.6. The molecule has 1 aliphatic rings. The Kier molecular flexibility index (Phi) is 6.29. The Bertz CT molecular complexity index is 1250. The quantitative estimate of drug-likeness (QED) is 0.507. The lowest BCUT2D eigenvalue weighted by molar-refractivity contribution is -0.128. The molecule has 1 amide bonds. The minimum Gasteiger partial charge on any atom is -0.341 e. The molecular formula is C21H20F2N4O3S2. The van der Waals surface area contributed by atoms with Crippen molar-refractivity contribution in [2.75, 3.05) is 24.3 Å². The van der Waals surface area contributed by atoms with E-state index in [1.165, 1.54) is 15.5 Å². The summed E-state index contributed by atoms with van der Waals surface area (Å²) in [6.07, 6.45) is 0.407. The van der Waals surface area contributed by atoms with Crippen molar-refractivity contribution < 1.29 is 22.0 Å². The Hall–Kier alpha value is -2.79. The van der Waals surface area contributed by atoms with Crippen LogP contribution in [0.25, 0.3) is 17.1 Å². The summed E-state index contributed by atoms with van der Waals surface area (Å²) in [5.41, 5.74) is 0.732. The van der Waals surface area contributed by atoms with Gasteiger partial charge >= 0.3 is 0 Å². The van der Waals surface area contributed by atoms with Gasteiger partial charge in [0, 0.05) is 24.7 Å². The van der Waals surface area contributed by atoms with Crippen molar-refractivity contribution in [3.63, 3.8) is 0 Å². The van der Waals surface area contributed by atoms with Gasteiger partial charge in [0.05, 0.1) is 22.9 Å². The summed E-state index contributed by atoms with van der Waals surface area (Å²) >= 11 is 1.05. The van der Waals surface area contributed by atoms with E-state index in [0.29, 0.717) is 17.8 Å². The van der Waals surface area contributed by atoms with Gasteiger partial charge < -0.3 is 4.90 Å². The van der Waals surface area contributed by atoms with E-state index in [0.717, 1.165) is 23.9 Å². The summed E-state index contributed by atoms with van der Waals surface area (Å²) in [5, 5.41) is 8.57. The van der Waals surface area contributed by atoms with Crippen LogP contribution in [0.3, 0.4) is 0 Å². The summed E-state index contributed by atoms with van der Waals surface area (Å²) in [6.45, 7) is 0. The second-order valence-electron chi connectivity index (χ2n) is 7.45. The van der Waals surface area contributed by atoms with Crippen LogP contribution in [-0.2, 0) is 14.6 Å². The molecule has 7 nitrogen and oxygen atoms in total. The summed E-state index contributed by atoms with van der Waals surface area (Å²) in [6, 6.07) is 11.9. The van der Waals surface area contributed by atoms with E-state index >= 15 is 0 Å². The minimum absolute atomic E-state index is 0.0389. The van der Waals surface area contributed by atoms with E-state index < -0.39 is 21.5 Å². The van der Waals surface area contributed by atoms with Crippen molar-refractivity contribution in [1.82, 2.24) is 19.7 Å². The van der Waals surface area contributed by atoms with Crippen molar-refractivity contribution in [2.45, 2.75) is 17.6 Å². The van der Waals surface area contributed by atoms with Gasteiger partial charge in [0.15, 0.2) is 20.8 Å². The normalized spacial score (nSPS) is 17.4. The smallest absolute Gasteiger partial charge is 0.233 e. The molecule has 168 valence electrons. The number of nitrogens with zero attached hydrogens (tertiary/aromatic N) is 4. The average Bonchev–Trinajstić information content (AvgIpc) is 3.35. The Labute approximate surface area is 188 Å². The van der Waals surface area contributed by atoms with Gasteiger partial charge in [-0.15, -0.1) is 10.2 Å². The van der Waals surface area contributed by atoms with Crippen LogP contribution in [0.4, 0.5) is 8.78 Å². The molecule has 0 spiro atoms. The second-order valence-corrected chi connectivity index (χ2v) is 10.6. The molecule has 0 aliphatic carbocycles. The highest BCUT2D eigenvalue weighted by molar-refractivity contribution is 7.99. The fraction of sp³-hybridized carbons (Fsp3) is 0.286. The maximum absolute atomic E-state index is 14.6. The Morgan fingerprint density at radius 3 is 2.59 bits per heavy atom. The van der Waals surface area contributed by atoms with E-state index in [1.807, 2.05) is 6.07 Å². The number of rotatable bonds is 6. The van der Waals surface area contributed by atoms with E-state index in [4.69, 9.17) is 0 Å². The Balaban J connectivity index is 1.61. The molecule has 4 rings (SSSR count). The zero-order valence-corrected chi connectivity index (χ0v) is 18.7. The minimum atomic E-state index is -3.12. The van der Waals surface area contributed by atoms with E-state index in [2.05, 4.69) is 10.2 Å². The van der Waals surface area contributed by atoms with Gasteiger partial charge in [-0.3, -0.25) is 9.36 Å². The zero-order valence-electron chi connectivity index (χ0n) is 17.1. The molecule has 11 heteroatoms. The molecule has 0 saturated carbocycles. The van der Waals surface area contributed by atoms with E-state index in [-0.39, 0.29) is 40.1 Å². The second kappa shape index (κ2) is 8.99. The summed E-state index contributed by atoms with van der Waals surface area (Å²) in [5.74, 6) is -1.44. The van der Waals surface area contributed by atoms with Crippen molar-refractivity contribution in [2.24, 2.45) is 0 Å². The molecule has 1 fully saturated rings. The first-order chi connectivity index (χ1) is 15.2. The molecule has 1 atom stereocenters. The summed E-state index contributed by atoms with van der Waals surface area (Å²) < 4.78 is 53.0. The van der Waals surface area contributed by atoms with Crippen LogP contribution in [0.15, 0.2) is 53.7 Å². The Morgan fingerprint density at radius 1 is 1.19 bits per heavy atom. The maximum Gasteiger partial charge on any atom is 0.233 e. The third kappa shape index (κ3) is 4.68.